The predicted octanol–water partition coefficient (Wildman–Crippen LogP) is 2.80. The van der Waals surface area contributed by atoms with Crippen LogP contribution in [0.5, 0.6) is 0 Å². The lowest BCUT2D eigenvalue weighted by atomic mass is 10.1. The summed E-state index contributed by atoms with van der Waals surface area (Å²) in [6.45, 7) is 4.12. The molecule has 0 saturated carbocycles. The number of rotatable bonds is 2. The number of aryl methyl sites for hydroxylation is 2. The summed E-state index contributed by atoms with van der Waals surface area (Å²) in [5.41, 5.74) is 4.43. The normalized spacial score (nSPS) is 10.2. The summed E-state index contributed by atoms with van der Waals surface area (Å²) in [5.74, 6) is 0.799. The lowest BCUT2D eigenvalue weighted by molar-refractivity contribution is 1.02. The average Bonchev–Trinajstić information content (AvgIpc) is 2.30. The van der Waals surface area contributed by atoms with E-state index in [2.05, 4.69) is 46.7 Å². The Bertz CT molecular complexity index is 489. The van der Waals surface area contributed by atoms with Crippen molar-refractivity contribution in [2.45, 2.75) is 13.8 Å². The molecule has 0 fully saturated rings. The fraction of sp³-hybridized carbons (Fsp3) is 0.231. The third-order valence-electron chi connectivity index (χ3n) is 2.57. The van der Waals surface area contributed by atoms with E-state index in [0.717, 1.165) is 22.6 Å². The molecular formula is C13H15N3. The maximum Gasteiger partial charge on any atom is 0.148 e. The van der Waals surface area contributed by atoms with Gasteiger partial charge in [-0.15, -0.1) is 10.2 Å². The molecule has 0 amide bonds. The van der Waals surface area contributed by atoms with Gasteiger partial charge in [0, 0.05) is 12.6 Å². The molecule has 0 unspecified atom stereocenters. The highest BCUT2D eigenvalue weighted by atomic mass is 15.2. The lowest BCUT2D eigenvalue weighted by Crippen LogP contribution is -1.98. The SMILES string of the molecule is CNc1cc(C)c(-c2ccc(C)cc2)nn1. The maximum atomic E-state index is 4.24. The first-order chi connectivity index (χ1) is 7.70. The highest BCUT2D eigenvalue weighted by Crippen LogP contribution is 2.21. The van der Waals surface area contributed by atoms with Gasteiger partial charge in [0.1, 0.15) is 5.82 Å². The Morgan fingerprint density at radius 1 is 1.00 bits per heavy atom. The number of aromatic nitrogens is 2. The van der Waals surface area contributed by atoms with Crippen LogP contribution >= 0.6 is 0 Å². The van der Waals surface area contributed by atoms with Crippen molar-refractivity contribution in [3.8, 4) is 11.3 Å². The maximum absolute atomic E-state index is 4.24. The largest absolute Gasteiger partial charge is 0.372 e. The van der Waals surface area contributed by atoms with Crippen molar-refractivity contribution in [3.63, 3.8) is 0 Å². The highest BCUT2D eigenvalue weighted by Gasteiger charge is 2.05. The van der Waals surface area contributed by atoms with E-state index >= 15 is 0 Å². The van der Waals surface area contributed by atoms with Crippen molar-refractivity contribution in [1.82, 2.24) is 10.2 Å². The van der Waals surface area contributed by atoms with Crippen LogP contribution in [0.2, 0.25) is 0 Å². The quantitative estimate of drug-likeness (QED) is 0.833. The molecule has 1 aromatic heterocycles. The second kappa shape index (κ2) is 4.31. The molecule has 0 saturated heterocycles. The molecule has 0 aliphatic carbocycles. The first kappa shape index (κ1) is 10.6. The second-order valence-electron chi connectivity index (χ2n) is 3.88. The first-order valence-electron chi connectivity index (χ1n) is 5.30. The van der Waals surface area contributed by atoms with Crippen molar-refractivity contribution in [1.29, 1.82) is 0 Å². The van der Waals surface area contributed by atoms with Crippen molar-refractivity contribution >= 4 is 5.82 Å². The van der Waals surface area contributed by atoms with E-state index in [4.69, 9.17) is 0 Å². The van der Waals surface area contributed by atoms with Gasteiger partial charge in [0.2, 0.25) is 0 Å². The van der Waals surface area contributed by atoms with Gasteiger partial charge in [-0.05, 0) is 25.5 Å². The summed E-state index contributed by atoms with van der Waals surface area (Å²) in [7, 11) is 1.84. The fourth-order valence-corrected chi connectivity index (χ4v) is 1.60. The molecule has 1 N–H and O–H groups in total. The van der Waals surface area contributed by atoms with Crippen LogP contribution in [0, 0.1) is 13.8 Å². The first-order valence-corrected chi connectivity index (χ1v) is 5.30. The minimum atomic E-state index is 0.799. The molecule has 0 radical (unpaired) electrons. The molecule has 0 spiro atoms. The van der Waals surface area contributed by atoms with Crippen LogP contribution in [0.15, 0.2) is 30.3 Å². The van der Waals surface area contributed by atoms with Gasteiger partial charge in [0.05, 0.1) is 5.69 Å². The van der Waals surface area contributed by atoms with Crippen LogP contribution in [0.3, 0.4) is 0 Å². The van der Waals surface area contributed by atoms with Gasteiger partial charge in [-0.1, -0.05) is 29.8 Å². The smallest absolute Gasteiger partial charge is 0.148 e. The molecule has 1 heterocycles. The zero-order valence-corrected chi connectivity index (χ0v) is 9.78. The van der Waals surface area contributed by atoms with Crippen LogP contribution < -0.4 is 5.32 Å². The second-order valence-corrected chi connectivity index (χ2v) is 3.88. The predicted molar refractivity (Wildman–Crippen MR) is 66.5 cm³/mol. The lowest BCUT2D eigenvalue weighted by Gasteiger charge is -2.06. The zero-order valence-electron chi connectivity index (χ0n) is 9.78. The molecule has 0 bridgehead atoms. The van der Waals surface area contributed by atoms with Gasteiger partial charge in [0.15, 0.2) is 0 Å². The Labute approximate surface area is 95.5 Å². The van der Waals surface area contributed by atoms with Crippen molar-refractivity contribution in [2.24, 2.45) is 0 Å². The van der Waals surface area contributed by atoms with Crippen molar-refractivity contribution in [3.05, 3.63) is 41.5 Å². The van der Waals surface area contributed by atoms with E-state index in [0.29, 0.717) is 0 Å². The van der Waals surface area contributed by atoms with Gasteiger partial charge in [-0.3, -0.25) is 0 Å². The van der Waals surface area contributed by atoms with Crippen LogP contribution in [0.25, 0.3) is 11.3 Å². The van der Waals surface area contributed by atoms with E-state index in [1.54, 1.807) is 0 Å². The van der Waals surface area contributed by atoms with Crippen LogP contribution in [-0.4, -0.2) is 17.2 Å². The average molecular weight is 213 g/mol. The molecule has 82 valence electrons. The number of nitrogens with zero attached hydrogens (tertiary/aromatic N) is 2. The monoisotopic (exact) mass is 213 g/mol. The Balaban J connectivity index is 2.44. The zero-order chi connectivity index (χ0) is 11.5. The van der Waals surface area contributed by atoms with Gasteiger partial charge in [0.25, 0.3) is 0 Å². The number of nitrogens with one attached hydrogen (secondary N) is 1. The fourth-order valence-electron chi connectivity index (χ4n) is 1.60. The van der Waals surface area contributed by atoms with Gasteiger partial charge < -0.3 is 5.32 Å². The van der Waals surface area contributed by atoms with Gasteiger partial charge >= 0.3 is 0 Å². The molecule has 16 heavy (non-hydrogen) atoms. The molecule has 2 rings (SSSR count). The molecule has 0 aliphatic heterocycles. The molecule has 1 aromatic carbocycles. The number of anilines is 1. The summed E-state index contributed by atoms with van der Waals surface area (Å²) >= 11 is 0. The van der Waals surface area contributed by atoms with Gasteiger partial charge in [-0.2, -0.15) is 0 Å². The Morgan fingerprint density at radius 3 is 2.25 bits per heavy atom. The summed E-state index contributed by atoms with van der Waals surface area (Å²) in [6, 6.07) is 10.3. The number of hydrogen-bond acceptors (Lipinski definition) is 3. The van der Waals surface area contributed by atoms with Crippen LogP contribution in [0.4, 0.5) is 5.82 Å². The Kier molecular flexibility index (Phi) is 2.86. The highest BCUT2D eigenvalue weighted by molar-refractivity contribution is 5.63. The van der Waals surface area contributed by atoms with Crippen molar-refractivity contribution < 1.29 is 0 Å². The minimum Gasteiger partial charge on any atom is -0.372 e. The van der Waals surface area contributed by atoms with Crippen LogP contribution in [-0.2, 0) is 0 Å². The molecule has 2 aromatic rings. The topological polar surface area (TPSA) is 37.8 Å². The van der Waals surface area contributed by atoms with Crippen LogP contribution in [0.1, 0.15) is 11.1 Å². The summed E-state index contributed by atoms with van der Waals surface area (Å²) in [5, 5.41) is 11.3. The summed E-state index contributed by atoms with van der Waals surface area (Å²) < 4.78 is 0. The molecule has 0 atom stereocenters. The summed E-state index contributed by atoms with van der Waals surface area (Å²) in [6.07, 6.45) is 0. The Hall–Kier alpha value is -1.90. The standard InChI is InChI=1S/C13H15N3/c1-9-4-6-11(7-5-9)13-10(2)8-12(14-3)15-16-13/h4-8H,1-3H3,(H,14,15). The van der Waals surface area contributed by atoms with Gasteiger partial charge in [-0.25, -0.2) is 0 Å². The van der Waals surface area contributed by atoms with Crippen molar-refractivity contribution in [2.75, 3.05) is 12.4 Å². The van der Waals surface area contributed by atoms with E-state index in [1.807, 2.05) is 20.0 Å². The molecule has 3 heteroatoms. The van der Waals surface area contributed by atoms with E-state index < -0.39 is 0 Å². The number of hydrogen-bond donors (Lipinski definition) is 1. The summed E-state index contributed by atoms with van der Waals surface area (Å²) in [4.78, 5) is 0. The molecule has 3 nitrogen and oxygen atoms in total. The van der Waals surface area contributed by atoms with E-state index in [9.17, 15) is 0 Å². The molecule has 0 aliphatic rings. The Morgan fingerprint density at radius 2 is 1.69 bits per heavy atom. The number of benzene rings is 1. The van der Waals surface area contributed by atoms with E-state index in [1.165, 1.54) is 5.56 Å². The third kappa shape index (κ3) is 2.03. The third-order valence-corrected chi connectivity index (χ3v) is 2.57. The molecular weight excluding hydrogens is 198 g/mol. The minimum absolute atomic E-state index is 0.799. The van der Waals surface area contributed by atoms with E-state index in [-0.39, 0.29) is 0 Å².